The zero-order valence-electron chi connectivity index (χ0n) is 12.4. The van der Waals surface area contributed by atoms with Crippen LogP contribution >= 0.6 is 24.0 Å². The van der Waals surface area contributed by atoms with Crippen molar-refractivity contribution in [3.05, 3.63) is 34.1 Å². The maximum atomic E-state index is 14.7. The lowest BCUT2D eigenvalue weighted by Gasteiger charge is -2.43. The second kappa shape index (κ2) is 7.28. The molecule has 0 aromatic heterocycles. The molecule has 0 bridgehead atoms. The largest absolute Gasteiger partial charge is 0.314 e. The smallest absolute Gasteiger partial charge is 0.132 e. The minimum absolute atomic E-state index is 0. The number of benzene rings is 1. The maximum absolute atomic E-state index is 14.7. The summed E-state index contributed by atoms with van der Waals surface area (Å²) in [6.45, 7) is 5.74. The second-order valence-corrected chi connectivity index (χ2v) is 6.42. The summed E-state index contributed by atoms with van der Waals surface area (Å²) in [5.41, 5.74) is 1.43. The van der Waals surface area contributed by atoms with E-state index in [1.54, 1.807) is 6.07 Å². The zero-order valence-corrected chi connectivity index (χ0v) is 13.9. The SMILES string of the molecule is Cc1ccc(Cl)c([C@H](C2CCC2)N2CCNCC2)c1F.Cl. The molecule has 1 aliphatic heterocycles. The van der Waals surface area contributed by atoms with E-state index in [9.17, 15) is 4.39 Å². The number of halogens is 3. The first-order chi connectivity index (χ1) is 9.68. The van der Waals surface area contributed by atoms with Gasteiger partial charge in [-0.1, -0.05) is 24.1 Å². The molecule has 1 aromatic rings. The number of hydrogen-bond acceptors (Lipinski definition) is 2. The van der Waals surface area contributed by atoms with Crippen LogP contribution in [0.1, 0.15) is 36.4 Å². The summed E-state index contributed by atoms with van der Waals surface area (Å²) < 4.78 is 14.7. The molecular weight excluding hydrogens is 310 g/mol. The highest BCUT2D eigenvalue weighted by Crippen LogP contribution is 2.44. The Labute approximate surface area is 137 Å². The van der Waals surface area contributed by atoms with Gasteiger partial charge in [-0.3, -0.25) is 4.90 Å². The molecule has 21 heavy (non-hydrogen) atoms. The average Bonchev–Trinajstić information content (AvgIpc) is 2.41. The molecule has 1 aromatic carbocycles. The highest BCUT2D eigenvalue weighted by atomic mass is 35.5. The maximum Gasteiger partial charge on any atom is 0.132 e. The first kappa shape index (κ1) is 17.0. The van der Waals surface area contributed by atoms with Crippen molar-refractivity contribution in [2.24, 2.45) is 5.92 Å². The van der Waals surface area contributed by atoms with Crippen LogP contribution in [-0.2, 0) is 0 Å². The Hall–Kier alpha value is -0.350. The number of piperazine rings is 1. The molecule has 2 nitrogen and oxygen atoms in total. The van der Waals surface area contributed by atoms with Crippen molar-refractivity contribution in [2.75, 3.05) is 26.2 Å². The second-order valence-electron chi connectivity index (χ2n) is 6.01. The molecule has 118 valence electrons. The van der Waals surface area contributed by atoms with Crippen LogP contribution in [0.2, 0.25) is 5.02 Å². The Morgan fingerprint density at radius 2 is 1.95 bits per heavy atom. The van der Waals surface area contributed by atoms with E-state index in [1.165, 1.54) is 19.3 Å². The topological polar surface area (TPSA) is 15.3 Å². The molecule has 2 fully saturated rings. The highest BCUT2D eigenvalue weighted by molar-refractivity contribution is 6.31. The van der Waals surface area contributed by atoms with E-state index in [1.807, 2.05) is 13.0 Å². The molecule has 3 rings (SSSR count). The fourth-order valence-electron chi connectivity index (χ4n) is 3.38. The van der Waals surface area contributed by atoms with Crippen LogP contribution in [-0.4, -0.2) is 31.1 Å². The number of rotatable bonds is 3. The van der Waals surface area contributed by atoms with E-state index >= 15 is 0 Å². The Kier molecular flexibility index (Phi) is 5.89. The average molecular weight is 333 g/mol. The van der Waals surface area contributed by atoms with Crippen LogP contribution in [0, 0.1) is 18.7 Å². The van der Waals surface area contributed by atoms with Gasteiger partial charge in [0.15, 0.2) is 0 Å². The number of hydrogen-bond donors (Lipinski definition) is 1. The van der Waals surface area contributed by atoms with Crippen molar-refractivity contribution in [3.8, 4) is 0 Å². The molecule has 1 atom stereocenters. The van der Waals surface area contributed by atoms with Crippen molar-refractivity contribution in [1.82, 2.24) is 10.2 Å². The number of aryl methyl sites for hydroxylation is 1. The van der Waals surface area contributed by atoms with E-state index in [0.717, 1.165) is 31.7 Å². The molecule has 5 heteroatoms. The van der Waals surface area contributed by atoms with Crippen LogP contribution in [0.3, 0.4) is 0 Å². The molecule has 0 spiro atoms. The Morgan fingerprint density at radius 3 is 2.52 bits per heavy atom. The highest BCUT2D eigenvalue weighted by Gasteiger charge is 2.36. The lowest BCUT2D eigenvalue weighted by molar-refractivity contribution is 0.0812. The standard InChI is InChI=1S/C16H22ClFN2.ClH/c1-11-5-6-13(17)14(15(11)18)16(12-3-2-4-12)20-9-7-19-8-10-20;/h5-6,12,16,19H,2-4,7-10H2,1H3;1H/t16-;/m0./s1. The van der Waals surface area contributed by atoms with Gasteiger partial charge in [-0.15, -0.1) is 12.4 Å². The van der Waals surface area contributed by atoms with Crippen molar-refractivity contribution < 1.29 is 4.39 Å². The first-order valence-corrected chi connectivity index (χ1v) is 7.95. The first-order valence-electron chi connectivity index (χ1n) is 7.57. The van der Waals surface area contributed by atoms with Gasteiger partial charge in [0.1, 0.15) is 5.82 Å². The molecule has 0 radical (unpaired) electrons. The van der Waals surface area contributed by atoms with Crippen LogP contribution in [0.15, 0.2) is 12.1 Å². The van der Waals surface area contributed by atoms with Crippen molar-refractivity contribution in [3.63, 3.8) is 0 Å². The lowest BCUT2D eigenvalue weighted by atomic mass is 9.76. The van der Waals surface area contributed by atoms with Crippen LogP contribution in [0.5, 0.6) is 0 Å². The molecule has 0 amide bonds. The van der Waals surface area contributed by atoms with Gasteiger partial charge in [0.2, 0.25) is 0 Å². The van der Waals surface area contributed by atoms with E-state index in [-0.39, 0.29) is 24.3 Å². The molecular formula is C16H23Cl2FN2. The fourth-order valence-corrected chi connectivity index (χ4v) is 3.64. The van der Waals surface area contributed by atoms with Crippen LogP contribution < -0.4 is 5.32 Å². The fraction of sp³-hybridized carbons (Fsp3) is 0.625. The molecule has 1 N–H and O–H groups in total. The lowest BCUT2D eigenvalue weighted by Crippen LogP contribution is -2.48. The molecule has 2 aliphatic rings. The third-order valence-corrected chi connectivity index (χ3v) is 5.09. The summed E-state index contributed by atoms with van der Waals surface area (Å²) in [4.78, 5) is 2.42. The van der Waals surface area contributed by atoms with Gasteiger partial charge in [0.25, 0.3) is 0 Å². The van der Waals surface area contributed by atoms with Gasteiger partial charge in [0.05, 0.1) is 0 Å². The van der Waals surface area contributed by atoms with Crippen LogP contribution in [0.25, 0.3) is 0 Å². The predicted molar refractivity (Wildman–Crippen MR) is 87.9 cm³/mol. The van der Waals surface area contributed by atoms with Gasteiger partial charge in [-0.25, -0.2) is 4.39 Å². The Balaban J connectivity index is 0.00000161. The van der Waals surface area contributed by atoms with Gasteiger partial charge >= 0.3 is 0 Å². The summed E-state index contributed by atoms with van der Waals surface area (Å²) in [6, 6.07) is 3.78. The van der Waals surface area contributed by atoms with Crippen molar-refractivity contribution >= 4 is 24.0 Å². The molecule has 1 heterocycles. The van der Waals surface area contributed by atoms with Gasteiger partial charge in [-0.05, 0) is 37.3 Å². The van der Waals surface area contributed by atoms with Gasteiger partial charge in [0, 0.05) is 42.8 Å². The summed E-state index contributed by atoms with van der Waals surface area (Å²) >= 11 is 6.36. The van der Waals surface area contributed by atoms with Crippen molar-refractivity contribution in [1.29, 1.82) is 0 Å². The third-order valence-electron chi connectivity index (χ3n) is 4.76. The monoisotopic (exact) mass is 332 g/mol. The zero-order chi connectivity index (χ0) is 14.1. The van der Waals surface area contributed by atoms with Gasteiger partial charge < -0.3 is 5.32 Å². The molecule has 1 aliphatic carbocycles. The normalized spacial score (nSPS) is 21.5. The van der Waals surface area contributed by atoms with E-state index in [0.29, 0.717) is 16.5 Å². The van der Waals surface area contributed by atoms with Gasteiger partial charge in [-0.2, -0.15) is 0 Å². The summed E-state index contributed by atoms with van der Waals surface area (Å²) in [5.74, 6) is 0.454. The minimum Gasteiger partial charge on any atom is -0.314 e. The third kappa shape index (κ3) is 3.37. The number of nitrogens with zero attached hydrogens (tertiary/aromatic N) is 1. The Morgan fingerprint density at radius 1 is 1.29 bits per heavy atom. The molecule has 0 unspecified atom stereocenters. The predicted octanol–water partition coefficient (Wildman–Crippen LogP) is 3.96. The van der Waals surface area contributed by atoms with E-state index in [2.05, 4.69) is 10.2 Å². The summed E-state index contributed by atoms with van der Waals surface area (Å²) in [5, 5.41) is 3.95. The summed E-state index contributed by atoms with van der Waals surface area (Å²) in [7, 11) is 0. The van der Waals surface area contributed by atoms with E-state index < -0.39 is 0 Å². The quantitative estimate of drug-likeness (QED) is 0.901. The summed E-state index contributed by atoms with van der Waals surface area (Å²) in [6.07, 6.45) is 3.65. The number of nitrogens with one attached hydrogen (secondary N) is 1. The van der Waals surface area contributed by atoms with Crippen molar-refractivity contribution in [2.45, 2.75) is 32.2 Å². The van der Waals surface area contributed by atoms with Crippen LogP contribution in [0.4, 0.5) is 4.39 Å². The molecule has 1 saturated heterocycles. The minimum atomic E-state index is -0.104. The van der Waals surface area contributed by atoms with E-state index in [4.69, 9.17) is 11.6 Å². The molecule has 1 saturated carbocycles. The Bertz CT molecular complexity index is 485.